The molecule has 0 radical (unpaired) electrons. The second kappa shape index (κ2) is 6.70. The van der Waals surface area contributed by atoms with E-state index in [0.717, 1.165) is 5.56 Å². The first-order valence-electron chi connectivity index (χ1n) is 7.98. The summed E-state index contributed by atoms with van der Waals surface area (Å²) in [4.78, 5) is 28.7. The average molecular weight is 321 g/mol. The quantitative estimate of drug-likeness (QED) is 0.875. The minimum atomic E-state index is -0.395. The lowest BCUT2D eigenvalue weighted by Crippen LogP contribution is -2.54. The fourth-order valence-corrected chi connectivity index (χ4v) is 2.81. The highest BCUT2D eigenvalue weighted by Crippen LogP contribution is 2.20. The molecule has 2 heterocycles. The maximum Gasteiger partial charge on any atom is 0.244 e. The van der Waals surface area contributed by atoms with Gasteiger partial charge in [0.2, 0.25) is 11.8 Å². The van der Waals surface area contributed by atoms with Crippen molar-refractivity contribution in [2.45, 2.75) is 26.8 Å². The molecule has 0 saturated carbocycles. The van der Waals surface area contributed by atoms with Gasteiger partial charge in [0, 0.05) is 50.4 Å². The van der Waals surface area contributed by atoms with Crippen LogP contribution in [0.5, 0.6) is 0 Å². The largest absolute Gasteiger partial charge is 0.339 e. The lowest BCUT2D eigenvalue weighted by molar-refractivity contribution is -0.145. The molecule has 0 aliphatic carbocycles. The third kappa shape index (κ3) is 3.90. The van der Waals surface area contributed by atoms with Crippen molar-refractivity contribution >= 4 is 11.8 Å². The minimum absolute atomic E-state index is 0.0309. The minimum Gasteiger partial charge on any atom is -0.339 e. The summed E-state index contributed by atoms with van der Waals surface area (Å²) in [5.41, 5.74) is 0.475. The molecule has 1 aromatic rings. The van der Waals surface area contributed by atoms with Crippen molar-refractivity contribution in [1.29, 1.82) is 0 Å². The molecule has 1 aliphatic rings. The summed E-state index contributed by atoms with van der Waals surface area (Å²) >= 11 is 0. The first-order chi connectivity index (χ1) is 10.7. The van der Waals surface area contributed by atoms with Gasteiger partial charge in [0.15, 0.2) is 0 Å². The molecule has 7 heteroatoms. The van der Waals surface area contributed by atoms with E-state index in [1.165, 1.54) is 0 Å². The highest BCUT2D eigenvalue weighted by molar-refractivity contribution is 5.84. The highest BCUT2D eigenvalue weighted by Gasteiger charge is 2.33. The van der Waals surface area contributed by atoms with Crippen molar-refractivity contribution < 1.29 is 9.59 Å². The van der Waals surface area contributed by atoms with Crippen molar-refractivity contribution in [2.24, 2.45) is 12.5 Å². The zero-order valence-electron chi connectivity index (χ0n) is 14.7. The van der Waals surface area contributed by atoms with Crippen LogP contribution in [0.1, 0.15) is 32.4 Å². The predicted molar refractivity (Wildman–Crippen MR) is 87.6 cm³/mol. The highest BCUT2D eigenvalue weighted by atomic mass is 16.2. The Morgan fingerprint density at radius 2 is 1.74 bits per heavy atom. The molecule has 1 saturated heterocycles. The SMILES string of the molecule is CNC(C(=O)N1CCN(C(=O)C(C)(C)C)CC1)c1cnn(C)c1. The average Bonchev–Trinajstić information content (AvgIpc) is 2.92. The summed E-state index contributed by atoms with van der Waals surface area (Å²) in [7, 11) is 3.60. The summed E-state index contributed by atoms with van der Waals surface area (Å²) in [6, 6.07) is -0.395. The van der Waals surface area contributed by atoms with Crippen LogP contribution in [0.15, 0.2) is 12.4 Å². The summed E-state index contributed by atoms with van der Waals surface area (Å²) in [5, 5.41) is 7.19. The number of hydrogen-bond donors (Lipinski definition) is 1. The summed E-state index contributed by atoms with van der Waals surface area (Å²) in [5.74, 6) is 0.172. The Hall–Kier alpha value is -1.89. The van der Waals surface area contributed by atoms with Crippen LogP contribution in [-0.4, -0.2) is 64.6 Å². The standard InChI is InChI=1S/C16H27N5O2/c1-16(2,3)15(23)21-8-6-20(7-9-21)14(22)13(17-4)12-10-18-19(5)11-12/h10-11,13,17H,6-9H2,1-5H3. The van der Waals surface area contributed by atoms with E-state index in [4.69, 9.17) is 0 Å². The van der Waals surface area contributed by atoms with Crippen LogP contribution < -0.4 is 5.32 Å². The number of aryl methyl sites for hydroxylation is 1. The van der Waals surface area contributed by atoms with Crippen LogP contribution in [-0.2, 0) is 16.6 Å². The Morgan fingerprint density at radius 1 is 1.17 bits per heavy atom. The molecule has 1 fully saturated rings. The predicted octanol–water partition coefficient (Wildman–Crippen LogP) is 0.398. The monoisotopic (exact) mass is 321 g/mol. The summed E-state index contributed by atoms with van der Waals surface area (Å²) in [6.45, 7) is 8.08. The third-order valence-electron chi connectivity index (χ3n) is 4.11. The molecule has 0 bridgehead atoms. The van der Waals surface area contributed by atoms with E-state index in [1.54, 1.807) is 17.9 Å². The fourth-order valence-electron chi connectivity index (χ4n) is 2.81. The van der Waals surface area contributed by atoms with E-state index >= 15 is 0 Å². The number of likely N-dealkylation sites (N-methyl/N-ethyl adjacent to an activating group) is 1. The first kappa shape index (κ1) is 17.5. The molecule has 0 spiro atoms. The first-order valence-corrected chi connectivity index (χ1v) is 7.98. The van der Waals surface area contributed by atoms with Crippen molar-refractivity contribution in [3.63, 3.8) is 0 Å². The summed E-state index contributed by atoms with van der Waals surface area (Å²) in [6.07, 6.45) is 3.55. The van der Waals surface area contributed by atoms with Gasteiger partial charge in [0.1, 0.15) is 6.04 Å². The maximum atomic E-state index is 12.7. The van der Waals surface area contributed by atoms with Crippen molar-refractivity contribution in [3.05, 3.63) is 18.0 Å². The van der Waals surface area contributed by atoms with E-state index < -0.39 is 6.04 Å². The number of amides is 2. The van der Waals surface area contributed by atoms with Gasteiger partial charge >= 0.3 is 0 Å². The number of hydrogen-bond acceptors (Lipinski definition) is 4. The molecule has 128 valence electrons. The number of aromatic nitrogens is 2. The van der Waals surface area contributed by atoms with Crippen molar-refractivity contribution in [2.75, 3.05) is 33.2 Å². The molecule has 0 aromatic carbocycles. The Morgan fingerprint density at radius 3 is 2.17 bits per heavy atom. The van der Waals surface area contributed by atoms with E-state index in [2.05, 4.69) is 10.4 Å². The second-order valence-corrected chi connectivity index (χ2v) is 7.04. The number of nitrogens with zero attached hydrogens (tertiary/aromatic N) is 4. The van der Waals surface area contributed by atoms with E-state index in [9.17, 15) is 9.59 Å². The number of rotatable bonds is 3. The maximum absolute atomic E-state index is 12.7. The molecule has 1 aliphatic heterocycles. The number of nitrogens with one attached hydrogen (secondary N) is 1. The Kier molecular flexibility index (Phi) is 5.09. The topological polar surface area (TPSA) is 70.5 Å². The molecule has 2 rings (SSSR count). The summed E-state index contributed by atoms with van der Waals surface area (Å²) < 4.78 is 1.69. The molecule has 23 heavy (non-hydrogen) atoms. The van der Waals surface area contributed by atoms with Crippen molar-refractivity contribution in [3.8, 4) is 0 Å². The van der Waals surface area contributed by atoms with Gasteiger partial charge in [-0.2, -0.15) is 5.10 Å². The van der Waals surface area contributed by atoms with Crippen LogP contribution in [0, 0.1) is 5.41 Å². The molecule has 1 aromatic heterocycles. The number of carbonyl (C=O) groups is 2. The van der Waals surface area contributed by atoms with E-state index in [-0.39, 0.29) is 17.2 Å². The van der Waals surface area contributed by atoms with Crippen LogP contribution >= 0.6 is 0 Å². The normalized spacial score (nSPS) is 17.3. The van der Waals surface area contributed by atoms with E-state index in [1.807, 2.05) is 43.8 Å². The van der Waals surface area contributed by atoms with Gasteiger partial charge in [-0.25, -0.2) is 0 Å². The third-order valence-corrected chi connectivity index (χ3v) is 4.11. The zero-order chi connectivity index (χ0) is 17.2. The Balaban J connectivity index is 1.99. The molecule has 7 nitrogen and oxygen atoms in total. The Labute approximate surface area is 137 Å². The number of piperazine rings is 1. The van der Waals surface area contributed by atoms with E-state index in [0.29, 0.717) is 26.2 Å². The molecular formula is C16H27N5O2. The van der Waals surface area contributed by atoms with Gasteiger partial charge in [-0.3, -0.25) is 14.3 Å². The van der Waals surface area contributed by atoms with Gasteiger partial charge in [-0.05, 0) is 7.05 Å². The molecular weight excluding hydrogens is 294 g/mol. The smallest absolute Gasteiger partial charge is 0.244 e. The molecule has 1 N–H and O–H groups in total. The zero-order valence-corrected chi connectivity index (χ0v) is 14.7. The lowest BCUT2D eigenvalue weighted by atomic mass is 9.94. The molecule has 2 amide bonds. The molecule has 1 atom stereocenters. The van der Waals surface area contributed by atoms with Crippen molar-refractivity contribution in [1.82, 2.24) is 24.9 Å². The number of carbonyl (C=O) groups excluding carboxylic acids is 2. The van der Waals surface area contributed by atoms with Gasteiger partial charge in [0.25, 0.3) is 0 Å². The van der Waals surface area contributed by atoms with Gasteiger partial charge in [0.05, 0.1) is 6.20 Å². The van der Waals surface area contributed by atoms with Gasteiger partial charge < -0.3 is 15.1 Å². The van der Waals surface area contributed by atoms with Crippen LogP contribution in [0.2, 0.25) is 0 Å². The second-order valence-electron chi connectivity index (χ2n) is 7.04. The van der Waals surface area contributed by atoms with Crippen LogP contribution in [0.4, 0.5) is 0 Å². The van der Waals surface area contributed by atoms with Gasteiger partial charge in [-0.15, -0.1) is 0 Å². The lowest BCUT2D eigenvalue weighted by Gasteiger charge is -2.38. The fraction of sp³-hybridized carbons (Fsp3) is 0.688. The Bertz CT molecular complexity index is 567. The van der Waals surface area contributed by atoms with Gasteiger partial charge in [-0.1, -0.05) is 20.8 Å². The van der Waals surface area contributed by atoms with Crippen LogP contribution in [0.25, 0.3) is 0 Å². The van der Waals surface area contributed by atoms with Crippen LogP contribution in [0.3, 0.4) is 0 Å². The molecule has 1 unspecified atom stereocenters.